The molecular weight excluding hydrogens is 226 g/mol. The average Bonchev–Trinajstić information content (AvgIpc) is 2.75. The molecule has 0 aromatic heterocycles. The van der Waals surface area contributed by atoms with Crippen molar-refractivity contribution in [2.24, 2.45) is 0 Å². The monoisotopic (exact) mass is 243 g/mol. The van der Waals surface area contributed by atoms with Crippen molar-refractivity contribution in [1.29, 1.82) is 0 Å². The van der Waals surface area contributed by atoms with Crippen LogP contribution in [-0.4, -0.2) is 54.0 Å². The molecule has 0 aliphatic carbocycles. The number of carbonyl (C=O) groups excluding carboxylic acids is 2. The predicted octanol–water partition coefficient (Wildman–Crippen LogP) is 0.0218. The second-order valence-corrected chi connectivity index (χ2v) is 5.22. The Morgan fingerprint density at radius 2 is 2.12 bits per heavy atom. The number of nitrogens with one attached hydrogen (secondary N) is 2. The molecule has 2 fully saturated rings. The summed E-state index contributed by atoms with van der Waals surface area (Å²) >= 11 is 1.19. The van der Waals surface area contributed by atoms with E-state index in [1.54, 1.807) is 4.90 Å². The lowest BCUT2D eigenvalue weighted by molar-refractivity contribution is -0.133. The third-order valence-electron chi connectivity index (χ3n) is 3.18. The van der Waals surface area contributed by atoms with Gasteiger partial charge in [0.15, 0.2) is 0 Å². The molecule has 2 heterocycles. The van der Waals surface area contributed by atoms with Crippen molar-refractivity contribution in [2.75, 3.05) is 25.9 Å². The van der Waals surface area contributed by atoms with Crippen LogP contribution in [0.1, 0.15) is 12.8 Å². The maximum Gasteiger partial charge on any atom is 0.279 e. The van der Waals surface area contributed by atoms with E-state index in [0.717, 1.165) is 25.9 Å². The first-order valence-corrected chi connectivity index (χ1v) is 6.57. The van der Waals surface area contributed by atoms with Crippen LogP contribution in [0.4, 0.5) is 4.79 Å². The van der Waals surface area contributed by atoms with E-state index in [9.17, 15) is 9.59 Å². The highest BCUT2D eigenvalue weighted by atomic mass is 32.2. The fourth-order valence-corrected chi connectivity index (χ4v) is 2.91. The molecule has 2 amide bonds. The molecule has 0 aromatic carbocycles. The molecule has 6 heteroatoms. The highest BCUT2D eigenvalue weighted by Crippen LogP contribution is 2.17. The summed E-state index contributed by atoms with van der Waals surface area (Å²) in [5, 5.41) is 5.88. The quantitative estimate of drug-likeness (QED) is 0.718. The van der Waals surface area contributed by atoms with Crippen molar-refractivity contribution in [1.82, 2.24) is 15.5 Å². The maximum absolute atomic E-state index is 12.1. The number of piperidine rings is 1. The van der Waals surface area contributed by atoms with Gasteiger partial charge in [-0.05, 0) is 25.9 Å². The zero-order valence-electron chi connectivity index (χ0n) is 9.36. The SMILES string of the molecule is CN(C(=O)C1CSC(=O)N1)C1CCNCC1. The Morgan fingerprint density at radius 1 is 1.44 bits per heavy atom. The summed E-state index contributed by atoms with van der Waals surface area (Å²) in [6.45, 7) is 1.93. The molecule has 2 saturated heterocycles. The minimum Gasteiger partial charge on any atom is -0.341 e. The lowest BCUT2D eigenvalue weighted by atomic mass is 10.0. The van der Waals surface area contributed by atoms with E-state index in [-0.39, 0.29) is 17.2 Å². The highest BCUT2D eigenvalue weighted by molar-refractivity contribution is 8.14. The third-order valence-corrected chi connectivity index (χ3v) is 4.06. The van der Waals surface area contributed by atoms with E-state index in [1.807, 2.05) is 7.05 Å². The van der Waals surface area contributed by atoms with Gasteiger partial charge in [-0.3, -0.25) is 9.59 Å². The first kappa shape index (κ1) is 11.7. The van der Waals surface area contributed by atoms with Gasteiger partial charge in [-0.2, -0.15) is 0 Å². The second kappa shape index (κ2) is 5.05. The van der Waals surface area contributed by atoms with Gasteiger partial charge < -0.3 is 15.5 Å². The molecule has 0 saturated carbocycles. The Hall–Kier alpha value is -0.750. The van der Waals surface area contributed by atoms with Crippen LogP contribution >= 0.6 is 11.8 Å². The van der Waals surface area contributed by atoms with Gasteiger partial charge >= 0.3 is 0 Å². The number of hydrogen-bond donors (Lipinski definition) is 2. The summed E-state index contributed by atoms with van der Waals surface area (Å²) in [5.74, 6) is 0.609. The van der Waals surface area contributed by atoms with Crippen LogP contribution in [0.2, 0.25) is 0 Å². The minimum absolute atomic E-state index is 0.0465. The van der Waals surface area contributed by atoms with Gasteiger partial charge in [-0.25, -0.2) is 0 Å². The third kappa shape index (κ3) is 2.49. The number of hydrogen-bond acceptors (Lipinski definition) is 4. The summed E-state index contributed by atoms with van der Waals surface area (Å²) in [4.78, 5) is 24.9. The molecule has 0 bridgehead atoms. The van der Waals surface area contributed by atoms with Crippen molar-refractivity contribution < 1.29 is 9.59 Å². The molecule has 90 valence electrons. The van der Waals surface area contributed by atoms with Gasteiger partial charge in [0.1, 0.15) is 6.04 Å². The lowest BCUT2D eigenvalue weighted by Gasteiger charge is -2.33. The number of amides is 2. The summed E-state index contributed by atoms with van der Waals surface area (Å²) in [6, 6.07) is -0.00589. The highest BCUT2D eigenvalue weighted by Gasteiger charge is 2.32. The Labute approximate surface area is 99.3 Å². The van der Waals surface area contributed by atoms with Crippen molar-refractivity contribution in [3.63, 3.8) is 0 Å². The fourth-order valence-electron chi connectivity index (χ4n) is 2.14. The average molecular weight is 243 g/mol. The summed E-state index contributed by atoms with van der Waals surface area (Å²) in [6.07, 6.45) is 1.99. The van der Waals surface area contributed by atoms with Gasteiger partial charge in [-0.1, -0.05) is 11.8 Å². The molecule has 2 aliphatic heterocycles. The van der Waals surface area contributed by atoms with E-state index in [1.165, 1.54) is 11.8 Å². The van der Waals surface area contributed by atoms with Crippen LogP contribution in [0.25, 0.3) is 0 Å². The van der Waals surface area contributed by atoms with Crippen LogP contribution in [-0.2, 0) is 4.79 Å². The predicted molar refractivity (Wildman–Crippen MR) is 63.4 cm³/mol. The molecule has 5 nitrogen and oxygen atoms in total. The Kier molecular flexibility index (Phi) is 3.70. The topological polar surface area (TPSA) is 61.4 Å². The molecule has 1 unspecified atom stereocenters. The van der Waals surface area contributed by atoms with Crippen molar-refractivity contribution in [3.05, 3.63) is 0 Å². The zero-order chi connectivity index (χ0) is 11.5. The Balaban J connectivity index is 1.90. The molecule has 2 N–H and O–H groups in total. The number of rotatable bonds is 2. The van der Waals surface area contributed by atoms with Crippen LogP contribution in [0.5, 0.6) is 0 Å². The van der Waals surface area contributed by atoms with Crippen molar-refractivity contribution >= 4 is 22.9 Å². The summed E-state index contributed by atoms with van der Waals surface area (Å²) in [7, 11) is 1.84. The van der Waals surface area contributed by atoms with E-state index < -0.39 is 0 Å². The van der Waals surface area contributed by atoms with Gasteiger partial charge in [-0.15, -0.1) is 0 Å². The molecule has 0 radical (unpaired) electrons. The Morgan fingerprint density at radius 3 is 2.69 bits per heavy atom. The first-order valence-electron chi connectivity index (χ1n) is 5.59. The molecule has 0 aromatic rings. The fraction of sp³-hybridized carbons (Fsp3) is 0.800. The van der Waals surface area contributed by atoms with Crippen LogP contribution in [0.15, 0.2) is 0 Å². The van der Waals surface area contributed by atoms with E-state index in [4.69, 9.17) is 0 Å². The van der Waals surface area contributed by atoms with Crippen LogP contribution in [0, 0.1) is 0 Å². The van der Waals surface area contributed by atoms with Gasteiger partial charge in [0.25, 0.3) is 5.24 Å². The summed E-state index contributed by atoms with van der Waals surface area (Å²) < 4.78 is 0. The molecule has 1 atom stereocenters. The summed E-state index contributed by atoms with van der Waals surface area (Å²) in [5.41, 5.74) is 0. The molecular formula is C10H17N3O2S. The van der Waals surface area contributed by atoms with Crippen LogP contribution < -0.4 is 10.6 Å². The molecule has 16 heavy (non-hydrogen) atoms. The standard InChI is InChI=1S/C10H17N3O2S/c1-13(7-2-4-11-5-3-7)9(14)8-6-16-10(15)12-8/h7-8,11H,2-6H2,1H3,(H,12,15). The largest absolute Gasteiger partial charge is 0.341 e. The number of thioether (sulfide) groups is 1. The zero-order valence-corrected chi connectivity index (χ0v) is 10.2. The van der Waals surface area contributed by atoms with E-state index in [0.29, 0.717) is 11.8 Å². The smallest absolute Gasteiger partial charge is 0.279 e. The molecule has 0 spiro atoms. The lowest BCUT2D eigenvalue weighted by Crippen LogP contribution is -2.50. The maximum atomic E-state index is 12.1. The number of likely N-dealkylation sites (N-methyl/N-ethyl adjacent to an activating group) is 1. The van der Waals surface area contributed by atoms with Crippen molar-refractivity contribution in [3.8, 4) is 0 Å². The minimum atomic E-state index is -0.322. The van der Waals surface area contributed by atoms with Crippen LogP contribution in [0.3, 0.4) is 0 Å². The van der Waals surface area contributed by atoms with E-state index >= 15 is 0 Å². The van der Waals surface area contributed by atoms with Gasteiger partial charge in [0, 0.05) is 18.8 Å². The Bertz CT molecular complexity index is 292. The number of carbonyl (C=O) groups is 2. The van der Waals surface area contributed by atoms with Crippen molar-refractivity contribution in [2.45, 2.75) is 24.9 Å². The second-order valence-electron chi connectivity index (χ2n) is 4.23. The van der Waals surface area contributed by atoms with Gasteiger partial charge in [0.2, 0.25) is 5.91 Å². The first-order chi connectivity index (χ1) is 7.68. The van der Waals surface area contributed by atoms with E-state index in [2.05, 4.69) is 10.6 Å². The van der Waals surface area contributed by atoms with Gasteiger partial charge in [0.05, 0.1) is 0 Å². The molecule has 2 rings (SSSR count). The number of nitrogens with zero attached hydrogens (tertiary/aromatic N) is 1. The molecule has 2 aliphatic rings. The normalized spacial score (nSPS) is 26.6.